The van der Waals surface area contributed by atoms with Crippen molar-refractivity contribution in [3.05, 3.63) is 229 Å². The molecule has 356 valence electrons. The van der Waals surface area contributed by atoms with Gasteiger partial charge in [-0.2, -0.15) is 0 Å². The van der Waals surface area contributed by atoms with Gasteiger partial charge in [-0.05, 0) is 163 Å². The Kier molecular flexibility index (Phi) is 12.1. The molecule has 1 aromatic heterocycles. The SMILES string of the molecule is CC(C)c1ccc(-c2ccccc2N(c2ccc(C(C)C)cc2)c2ccc3cc4c(cc3c2)oc2cc3cc(N(c5ccc(C(C)C)cc5)c5ccccc5-c5ccc(C(C)(C)C)cc5)ccc3cc24)cc1. The molecule has 0 aliphatic carbocycles. The molecule has 0 spiro atoms. The summed E-state index contributed by atoms with van der Waals surface area (Å²) in [6.07, 6.45) is 0. The van der Waals surface area contributed by atoms with E-state index in [1.165, 1.54) is 55.3 Å². The number of hydrogen-bond donors (Lipinski definition) is 0. The van der Waals surface area contributed by atoms with Gasteiger partial charge in [-0.1, -0.05) is 184 Å². The lowest BCUT2D eigenvalue weighted by molar-refractivity contribution is 0.590. The van der Waals surface area contributed by atoms with E-state index < -0.39 is 0 Å². The van der Waals surface area contributed by atoms with E-state index in [0.717, 1.165) is 66.8 Å². The number of furan rings is 1. The van der Waals surface area contributed by atoms with Gasteiger partial charge in [-0.3, -0.25) is 0 Å². The van der Waals surface area contributed by atoms with Crippen LogP contribution in [0.5, 0.6) is 0 Å². The molecular weight excluding hydrogens is 873 g/mol. The van der Waals surface area contributed by atoms with Crippen LogP contribution in [0, 0.1) is 0 Å². The van der Waals surface area contributed by atoms with Crippen LogP contribution in [0.15, 0.2) is 211 Å². The Labute approximate surface area is 426 Å². The molecule has 0 saturated heterocycles. The maximum atomic E-state index is 6.87. The highest BCUT2D eigenvalue weighted by Crippen LogP contribution is 2.46. The van der Waals surface area contributed by atoms with Gasteiger partial charge in [0.25, 0.3) is 0 Å². The van der Waals surface area contributed by atoms with Gasteiger partial charge in [-0.25, -0.2) is 0 Å². The van der Waals surface area contributed by atoms with Crippen molar-refractivity contribution in [2.75, 3.05) is 9.80 Å². The molecule has 11 aromatic rings. The molecule has 0 aliphatic rings. The molecule has 3 heteroatoms. The maximum absolute atomic E-state index is 6.87. The van der Waals surface area contributed by atoms with Crippen LogP contribution in [-0.4, -0.2) is 0 Å². The lowest BCUT2D eigenvalue weighted by atomic mass is 9.86. The summed E-state index contributed by atoms with van der Waals surface area (Å²) >= 11 is 0. The Morgan fingerprint density at radius 3 is 1.10 bits per heavy atom. The average Bonchev–Trinajstić information content (AvgIpc) is 3.73. The molecule has 0 N–H and O–H groups in total. The zero-order chi connectivity index (χ0) is 49.8. The molecule has 11 rings (SSSR count). The van der Waals surface area contributed by atoms with E-state index >= 15 is 0 Å². The highest BCUT2D eigenvalue weighted by atomic mass is 16.3. The molecule has 72 heavy (non-hydrogen) atoms. The van der Waals surface area contributed by atoms with Crippen LogP contribution in [0.25, 0.3) is 65.7 Å². The third-order valence-electron chi connectivity index (χ3n) is 14.7. The normalized spacial score (nSPS) is 12.1. The van der Waals surface area contributed by atoms with Crippen LogP contribution in [0.2, 0.25) is 0 Å². The van der Waals surface area contributed by atoms with Crippen LogP contribution in [0.4, 0.5) is 34.1 Å². The third kappa shape index (κ3) is 8.83. The summed E-state index contributed by atoms with van der Waals surface area (Å²) in [7, 11) is 0. The second-order valence-corrected chi connectivity index (χ2v) is 21.7. The Bertz CT molecular complexity index is 3740. The minimum atomic E-state index is 0.0764. The zero-order valence-corrected chi connectivity index (χ0v) is 43.2. The fourth-order valence-electron chi connectivity index (χ4n) is 10.4. The lowest BCUT2D eigenvalue weighted by Crippen LogP contribution is -2.12. The Balaban J connectivity index is 1.01. The molecule has 10 aromatic carbocycles. The van der Waals surface area contributed by atoms with Crippen molar-refractivity contribution < 1.29 is 4.42 Å². The van der Waals surface area contributed by atoms with Gasteiger partial charge in [0.05, 0.1) is 11.4 Å². The molecule has 0 radical (unpaired) electrons. The van der Waals surface area contributed by atoms with Crippen molar-refractivity contribution >= 4 is 77.6 Å². The number of benzene rings is 10. The van der Waals surface area contributed by atoms with Crippen molar-refractivity contribution in [2.24, 2.45) is 0 Å². The first-order valence-corrected chi connectivity index (χ1v) is 25.8. The van der Waals surface area contributed by atoms with E-state index in [1.54, 1.807) is 0 Å². The number of anilines is 6. The van der Waals surface area contributed by atoms with Crippen LogP contribution in [0.3, 0.4) is 0 Å². The number of nitrogens with zero attached hydrogens (tertiary/aromatic N) is 2. The topological polar surface area (TPSA) is 19.6 Å². The van der Waals surface area contributed by atoms with E-state index in [1.807, 2.05) is 0 Å². The Hall–Kier alpha value is -7.88. The van der Waals surface area contributed by atoms with Crippen LogP contribution in [0.1, 0.15) is 102 Å². The molecule has 3 nitrogen and oxygen atoms in total. The van der Waals surface area contributed by atoms with Crippen LogP contribution >= 0.6 is 0 Å². The summed E-state index contributed by atoms with van der Waals surface area (Å²) in [5.41, 5.74) is 18.6. The van der Waals surface area contributed by atoms with Crippen molar-refractivity contribution in [1.82, 2.24) is 0 Å². The Morgan fingerprint density at radius 2 is 0.708 bits per heavy atom. The van der Waals surface area contributed by atoms with Gasteiger partial charge in [0, 0.05) is 44.6 Å². The minimum absolute atomic E-state index is 0.0764. The van der Waals surface area contributed by atoms with Crippen molar-refractivity contribution in [3.8, 4) is 22.3 Å². The van der Waals surface area contributed by atoms with Crippen molar-refractivity contribution in [2.45, 2.75) is 85.5 Å². The summed E-state index contributed by atoms with van der Waals surface area (Å²) < 4.78 is 6.87. The quantitative estimate of drug-likeness (QED) is 0.129. The predicted molar refractivity (Wildman–Crippen MR) is 310 cm³/mol. The average molecular weight is 937 g/mol. The Morgan fingerprint density at radius 1 is 0.347 bits per heavy atom. The highest BCUT2D eigenvalue weighted by molar-refractivity contribution is 6.14. The van der Waals surface area contributed by atoms with Gasteiger partial charge in [0.15, 0.2) is 0 Å². The summed E-state index contributed by atoms with van der Waals surface area (Å²) in [6, 6.07) is 76.7. The molecule has 1 heterocycles. The molecule has 0 amide bonds. The van der Waals surface area contributed by atoms with Crippen molar-refractivity contribution in [1.29, 1.82) is 0 Å². The first kappa shape index (κ1) is 46.5. The van der Waals surface area contributed by atoms with Gasteiger partial charge >= 0.3 is 0 Å². The molecular formula is C69H64N2O. The van der Waals surface area contributed by atoms with Gasteiger partial charge < -0.3 is 14.2 Å². The summed E-state index contributed by atoms with van der Waals surface area (Å²) in [6.45, 7) is 20.3. The molecule has 0 aliphatic heterocycles. The standard InChI is InChI=1S/C69H64N2O/c1-44(2)47-18-20-50(21-19-47)61-14-10-12-16-65(61)70(57-32-24-48(25-33-57)45(3)4)59-36-28-52-40-63-64-41-53-29-37-60(39-55(53)43-68(64)72-67(63)42-54(52)38-59)71(58-34-26-49(27-35-58)46(5)6)66-17-13-11-15-62(66)51-22-30-56(31-23-51)69(7,8)9/h10-46H,1-9H3. The zero-order valence-electron chi connectivity index (χ0n) is 43.2. The van der Waals surface area contributed by atoms with Gasteiger partial charge in [-0.15, -0.1) is 0 Å². The fraction of sp³-hybridized carbons (Fsp3) is 0.188. The number of para-hydroxylation sites is 2. The van der Waals surface area contributed by atoms with Crippen LogP contribution < -0.4 is 9.80 Å². The minimum Gasteiger partial charge on any atom is -0.456 e. The number of hydrogen-bond acceptors (Lipinski definition) is 3. The molecule has 0 fully saturated rings. The second-order valence-electron chi connectivity index (χ2n) is 21.7. The van der Waals surface area contributed by atoms with Crippen LogP contribution in [-0.2, 0) is 5.41 Å². The largest absolute Gasteiger partial charge is 0.456 e. The summed E-state index contributed by atoms with van der Waals surface area (Å²) in [4.78, 5) is 4.82. The molecule has 0 bridgehead atoms. The van der Waals surface area contributed by atoms with Crippen molar-refractivity contribution in [3.63, 3.8) is 0 Å². The first-order chi connectivity index (χ1) is 34.8. The monoisotopic (exact) mass is 937 g/mol. The second kappa shape index (κ2) is 18.7. The summed E-state index contributed by atoms with van der Waals surface area (Å²) in [5, 5.41) is 6.82. The van der Waals surface area contributed by atoms with Gasteiger partial charge in [0.1, 0.15) is 11.2 Å². The third-order valence-corrected chi connectivity index (χ3v) is 14.7. The highest BCUT2D eigenvalue weighted by Gasteiger charge is 2.22. The van der Waals surface area contributed by atoms with E-state index in [4.69, 9.17) is 4.42 Å². The molecule has 0 unspecified atom stereocenters. The lowest BCUT2D eigenvalue weighted by Gasteiger charge is -2.28. The molecule has 0 saturated carbocycles. The number of fused-ring (bicyclic) bond motifs is 5. The predicted octanol–water partition coefficient (Wildman–Crippen LogP) is 20.8. The van der Waals surface area contributed by atoms with E-state index in [9.17, 15) is 0 Å². The number of rotatable bonds is 11. The van der Waals surface area contributed by atoms with E-state index in [0.29, 0.717) is 17.8 Å². The fourth-order valence-corrected chi connectivity index (χ4v) is 10.4. The summed E-state index contributed by atoms with van der Waals surface area (Å²) in [5.74, 6) is 1.35. The first-order valence-electron chi connectivity index (χ1n) is 25.8. The smallest absolute Gasteiger partial charge is 0.136 e. The van der Waals surface area contributed by atoms with E-state index in [2.05, 4.69) is 278 Å². The van der Waals surface area contributed by atoms with E-state index in [-0.39, 0.29) is 5.41 Å². The molecule has 0 atom stereocenters. The van der Waals surface area contributed by atoms with Gasteiger partial charge in [0.2, 0.25) is 0 Å². The maximum Gasteiger partial charge on any atom is 0.136 e.